The zero-order chi connectivity index (χ0) is 42.1. The molecule has 0 saturated carbocycles. The van der Waals surface area contributed by atoms with Crippen LogP contribution in [0.1, 0.15) is 349 Å². The van der Waals surface area contributed by atoms with Crippen molar-refractivity contribution >= 4 is 5.78 Å². The van der Waals surface area contributed by atoms with E-state index in [1.807, 2.05) is 0 Å². The number of Topliss-reactive ketones (excluding diaryl/α,β-unsaturated/α-hetero) is 1. The highest BCUT2D eigenvalue weighted by Gasteiger charge is 2.26. The summed E-state index contributed by atoms with van der Waals surface area (Å²) in [6.07, 6.45) is 69.1. The van der Waals surface area contributed by atoms with Crippen LogP contribution in [0.15, 0.2) is 0 Å². The van der Waals surface area contributed by atoms with Gasteiger partial charge in [-0.15, -0.1) is 0 Å². The summed E-state index contributed by atoms with van der Waals surface area (Å²) >= 11 is 0. The van der Waals surface area contributed by atoms with E-state index in [-0.39, 0.29) is 0 Å². The Bertz CT molecular complexity index is 682. The number of hydrogen-bond donors (Lipinski definition) is 0. The Morgan fingerprint density at radius 2 is 0.328 bits per heavy atom. The van der Waals surface area contributed by atoms with Crippen LogP contribution in [0.3, 0.4) is 0 Å². The predicted molar refractivity (Wildman–Crippen MR) is 266 cm³/mol. The summed E-state index contributed by atoms with van der Waals surface area (Å²) in [6, 6.07) is 0. The fourth-order valence-corrected chi connectivity index (χ4v) is 9.76. The molecule has 2 atom stereocenters. The molecule has 0 spiro atoms. The Kier molecular flexibility index (Phi) is 50.7. The van der Waals surface area contributed by atoms with Gasteiger partial charge in [-0.2, -0.15) is 0 Å². The first-order chi connectivity index (χ1) is 28.7. The molecule has 0 bridgehead atoms. The average Bonchev–Trinajstić information content (AvgIpc) is 3.23. The number of carbonyl (C=O) groups is 1. The number of unbranched alkanes of at least 4 members (excludes halogenated alkanes) is 42. The van der Waals surface area contributed by atoms with Crippen molar-refractivity contribution in [3.8, 4) is 0 Å². The smallest absolute Gasteiger partial charge is 0.139 e. The van der Waals surface area contributed by atoms with Crippen LogP contribution in [0, 0.1) is 11.8 Å². The summed E-state index contributed by atoms with van der Waals surface area (Å²) in [6.45, 7) is 9.26. The second kappa shape index (κ2) is 51.0. The van der Waals surface area contributed by atoms with E-state index >= 15 is 0 Å². The van der Waals surface area contributed by atoms with Gasteiger partial charge in [0.05, 0.1) is 0 Å². The van der Waals surface area contributed by atoms with Crippen LogP contribution < -0.4 is 0 Å². The van der Waals surface area contributed by atoms with Gasteiger partial charge in [0.1, 0.15) is 5.78 Å². The van der Waals surface area contributed by atoms with Gasteiger partial charge >= 0.3 is 0 Å². The maximum Gasteiger partial charge on any atom is 0.139 e. The highest BCUT2D eigenvalue weighted by Crippen LogP contribution is 2.29. The molecule has 0 aliphatic rings. The molecule has 0 amide bonds. The third-order valence-corrected chi connectivity index (χ3v) is 13.9. The first kappa shape index (κ1) is 57.7. The molecule has 1 heteroatoms. The Hall–Kier alpha value is -0.330. The SMILES string of the molecule is CCCCCCCCCCCCCCCC(CCCCCCCCCCCC)C(=O)C(CCCCCCCCCCCC)CCCCCCCCCCCCCCC. The van der Waals surface area contributed by atoms with Crippen LogP contribution in [-0.4, -0.2) is 5.78 Å². The highest BCUT2D eigenvalue weighted by molar-refractivity contribution is 5.83. The molecule has 0 aliphatic heterocycles. The normalized spacial score (nSPS) is 12.8. The molecule has 0 rings (SSSR count). The van der Waals surface area contributed by atoms with E-state index in [1.54, 1.807) is 0 Å². The van der Waals surface area contributed by atoms with E-state index in [2.05, 4.69) is 27.7 Å². The van der Waals surface area contributed by atoms with Crippen LogP contribution in [0.5, 0.6) is 0 Å². The standard InChI is InChI=1S/C57H114O/c1-5-9-13-17-21-25-29-31-33-37-41-45-49-53-55(51-47-43-39-35-27-23-19-15-11-7-3)57(58)56(52-48-44-40-36-28-24-20-16-12-8-4)54-50-46-42-38-34-32-30-26-22-18-14-10-6-2/h55-56H,5-54H2,1-4H3. The van der Waals surface area contributed by atoms with Gasteiger partial charge in [0.15, 0.2) is 0 Å². The van der Waals surface area contributed by atoms with Crippen LogP contribution in [0.2, 0.25) is 0 Å². The highest BCUT2D eigenvalue weighted by atomic mass is 16.1. The predicted octanol–water partition coefficient (Wildman–Crippen LogP) is 21.4. The van der Waals surface area contributed by atoms with Gasteiger partial charge in [-0.1, -0.05) is 323 Å². The summed E-state index contributed by atoms with van der Waals surface area (Å²) in [5, 5.41) is 0. The minimum absolute atomic E-state index is 0.344. The van der Waals surface area contributed by atoms with Crippen LogP contribution in [0.25, 0.3) is 0 Å². The minimum Gasteiger partial charge on any atom is -0.299 e. The molecule has 0 N–H and O–H groups in total. The lowest BCUT2D eigenvalue weighted by atomic mass is 9.80. The van der Waals surface area contributed by atoms with E-state index in [1.165, 1.54) is 321 Å². The monoisotopic (exact) mass is 815 g/mol. The van der Waals surface area contributed by atoms with Crippen molar-refractivity contribution in [2.75, 3.05) is 0 Å². The molecule has 348 valence electrons. The van der Waals surface area contributed by atoms with Crippen molar-refractivity contribution in [1.29, 1.82) is 0 Å². The number of rotatable bonds is 52. The number of hydrogen-bond acceptors (Lipinski definition) is 1. The second-order valence-electron chi connectivity index (χ2n) is 19.8. The van der Waals surface area contributed by atoms with Crippen molar-refractivity contribution in [2.45, 2.75) is 349 Å². The summed E-state index contributed by atoms with van der Waals surface area (Å²) < 4.78 is 0. The summed E-state index contributed by atoms with van der Waals surface area (Å²) in [4.78, 5) is 14.5. The molecule has 0 heterocycles. The van der Waals surface area contributed by atoms with Gasteiger partial charge in [0.25, 0.3) is 0 Å². The lowest BCUT2D eigenvalue weighted by Gasteiger charge is -2.23. The summed E-state index contributed by atoms with van der Waals surface area (Å²) in [5.41, 5.74) is 0. The fraction of sp³-hybridized carbons (Fsp3) is 0.982. The van der Waals surface area contributed by atoms with E-state index in [0.29, 0.717) is 17.6 Å². The van der Waals surface area contributed by atoms with Crippen molar-refractivity contribution < 1.29 is 4.79 Å². The lowest BCUT2D eigenvalue weighted by Crippen LogP contribution is -2.24. The molecule has 0 aliphatic carbocycles. The van der Waals surface area contributed by atoms with E-state index < -0.39 is 0 Å². The van der Waals surface area contributed by atoms with Crippen molar-refractivity contribution in [3.63, 3.8) is 0 Å². The summed E-state index contributed by atoms with van der Waals surface area (Å²) in [7, 11) is 0. The van der Waals surface area contributed by atoms with E-state index in [0.717, 1.165) is 0 Å². The summed E-state index contributed by atoms with van der Waals surface area (Å²) in [5.74, 6) is 1.40. The molecule has 0 fully saturated rings. The largest absolute Gasteiger partial charge is 0.299 e. The molecule has 2 unspecified atom stereocenters. The maximum absolute atomic E-state index is 14.5. The van der Waals surface area contributed by atoms with E-state index in [9.17, 15) is 4.79 Å². The molecule has 0 radical (unpaired) electrons. The Morgan fingerprint density at radius 1 is 0.207 bits per heavy atom. The van der Waals surface area contributed by atoms with Gasteiger partial charge < -0.3 is 0 Å². The topological polar surface area (TPSA) is 17.1 Å². The third-order valence-electron chi connectivity index (χ3n) is 13.9. The lowest BCUT2D eigenvalue weighted by molar-refractivity contribution is -0.128. The second-order valence-corrected chi connectivity index (χ2v) is 19.8. The van der Waals surface area contributed by atoms with Crippen molar-refractivity contribution in [3.05, 3.63) is 0 Å². The van der Waals surface area contributed by atoms with Gasteiger partial charge in [0, 0.05) is 11.8 Å². The first-order valence-corrected chi connectivity index (χ1v) is 28.2. The molecule has 0 aromatic rings. The maximum atomic E-state index is 14.5. The quantitative estimate of drug-likeness (QED) is 0.0559. The molecular formula is C57H114O. The zero-order valence-corrected chi connectivity index (χ0v) is 41.4. The van der Waals surface area contributed by atoms with Crippen LogP contribution in [-0.2, 0) is 4.79 Å². The molecule has 0 aromatic carbocycles. The Morgan fingerprint density at radius 3 is 0.466 bits per heavy atom. The fourth-order valence-electron chi connectivity index (χ4n) is 9.76. The third kappa shape index (κ3) is 43.7. The Labute approximate surface area is 369 Å². The molecule has 0 saturated heterocycles. The average molecular weight is 816 g/mol. The minimum atomic E-state index is 0.344. The molecule has 0 aromatic heterocycles. The number of carbonyl (C=O) groups excluding carboxylic acids is 1. The van der Waals surface area contributed by atoms with E-state index in [4.69, 9.17) is 0 Å². The van der Waals surface area contributed by atoms with Crippen LogP contribution in [0.4, 0.5) is 0 Å². The molecule has 58 heavy (non-hydrogen) atoms. The number of ketones is 1. The van der Waals surface area contributed by atoms with Gasteiger partial charge in [0.2, 0.25) is 0 Å². The first-order valence-electron chi connectivity index (χ1n) is 28.2. The van der Waals surface area contributed by atoms with Crippen molar-refractivity contribution in [2.24, 2.45) is 11.8 Å². The van der Waals surface area contributed by atoms with Crippen LogP contribution >= 0.6 is 0 Å². The Balaban J connectivity index is 4.92. The molecular weight excluding hydrogens is 701 g/mol. The molecule has 1 nitrogen and oxygen atoms in total. The zero-order valence-electron chi connectivity index (χ0n) is 41.4. The van der Waals surface area contributed by atoms with Gasteiger partial charge in [-0.3, -0.25) is 4.79 Å². The van der Waals surface area contributed by atoms with Gasteiger partial charge in [-0.05, 0) is 25.7 Å². The van der Waals surface area contributed by atoms with Gasteiger partial charge in [-0.25, -0.2) is 0 Å². The van der Waals surface area contributed by atoms with Crippen molar-refractivity contribution in [1.82, 2.24) is 0 Å².